The van der Waals surface area contributed by atoms with Gasteiger partial charge in [0.15, 0.2) is 0 Å². The molecule has 144 valence electrons. The number of carbonyl (C=O) groups excluding carboxylic acids is 1. The number of nitrogens with zero attached hydrogens (tertiary/aromatic N) is 2. The van der Waals surface area contributed by atoms with Crippen LogP contribution in [0.25, 0.3) is 0 Å². The summed E-state index contributed by atoms with van der Waals surface area (Å²) < 4.78 is 0. The topological polar surface area (TPSA) is 78.9 Å². The fourth-order valence-corrected chi connectivity index (χ4v) is 2.95. The molecule has 3 aromatic rings. The number of nitrogens with one attached hydrogen (secondary N) is 3. The van der Waals surface area contributed by atoms with E-state index in [-0.39, 0.29) is 5.91 Å². The highest BCUT2D eigenvalue weighted by atomic mass is 16.1. The quantitative estimate of drug-likeness (QED) is 0.575. The van der Waals surface area contributed by atoms with Crippen molar-refractivity contribution in [2.24, 2.45) is 0 Å². The van der Waals surface area contributed by atoms with Gasteiger partial charge in [-0.15, -0.1) is 0 Å². The van der Waals surface area contributed by atoms with Gasteiger partial charge in [-0.1, -0.05) is 17.7 Å². The van der Waals surface area contributed by atoms with E-state index in [2.05, 4.69) is 25.9 Å². The third kappa shape index (κ3) is 4.85. The Labute approximate surface area is 165 Å². The first kappa shape index (κ1) is 19.4. The van der Waals surface area contributed by atoms with Crippen molar-refractivity contribution >= 4 is 28.9 Å². The zero-order chi connectivity index (χ0) is 20.1. The molecule has 3 N–H and O–H groups in total. The van der Waals surface area contributed by atoms with Crippen LogP contribution in [0.5, 0.6) is 0 Å². The maximum atomic E-state index is 12.5. The number of aryl methyl sites for hydroxylation is 3. The average Bonchev–Trinajstić information content (AvgIpc) is 2.63. The summed E-state index contributed by atoms with van der Waals surface area (Å²) in [5.74, 6) is 2.09. The second kappa shape index (κ2) is 8.52. The number of amides is 1. The molecular formula is C22H25N5O. The Hall–Kier alpha value is -3.41. The number of hydrogen-bond donors (Lipinski definition) is 3. The molecule has 1 amide bonds. The number of rotatable bonds is 6. The minimum absolute atomic E-state index is 0.111. The van der Waals surface area contributed by atoms with Gasteiger partial charge in [-0.05, 0) is 63.6 Å². The van der Waals surface area contributed by atoms with Gasteiger partial charge in [-0.3, -0.25) is 4.79 Å². The predicted molar refractivity (Wildman–Crippen MR) is 115 cm³/mol. The summed E-state index contributed by atoms with van der Waals surface area (Å²) >= 11 is 0. The summed E-state index contributed by atoms with van der Waals surface area (Å²) in [7, 11) is 0. The highest BCUT2D eigenvalue weighted by Gasteiger charge is 2.09. The van der Waals surface area contributed by atoms with E-state index in [1.807, 2.05) is 76.2 Å². The van der Waals surface area contributed by atoms with Crippen LogP contribution in [0.1, 0.15) is 34.2 Å². The van der Waals surface area contributed by atoms with Gasteiger partial charge in [0.05, 0.1) is 0 Å². The van der Waals surface area contributed by atoms with Gasteiger partial charge in [0, 0.05) is 29.5 Å². The van der Waals surface area contributed by atoms with Gasteiger partial charge in [-0.2, -0.15) is 0 Å². The zero-order valence-electron chi connectivity index (χ0n) is 16.6. The van der Waals surface area contributed by atoms with Crippen LogP contribution < -0.4 is 16.0 Å². The number of aromatic nitrogens is 2. The Morgan fingerprint density at radius 3 is 2.25 bits per heavy atom. The van der Waals surface area contributed by atoms with Gasteiger partial charge in [-0.25, -0.2) is 9.97 Å². The molecule has 0 saturated carbocycles. The van der Waals surface area contributed by atoms with Gasteiger partial charge in [0.2, 0.25) is 0 Å². The van der Waals surface area contributed by atoms with E-state index >= 15 is 0 Å². The van der Waals surface area contributed by atoms with Gasteiger partial charge >= 0.3 is 0 Å². The maximum Gasteiger partial charge on any atom is 0.255 e. The van der Waals surface area contributed by atoms with Crippen LogP contribution in [0.2, 0.25) is 0 Å². The molecule has 1 aromatic heterocycles. The van der Waals surface area contributed by atoms with Gasteiger partial charge in [0.25, 0.3) is 5.91 Å². The summed E-state index contributed by atoms with van der Waals surface area (Å²) in [6, 6.07) is 15.2. The van der Waals surface area contributed by atoms with Crippen molar-refractivity contribution < 1.29 is 4.79 Å². The minimum atomic E-state index is -0.111. The van der Waals surface area contributed by atoms with Crippen LogP contribution >= 0.6 is 0 Å². The summed E-state index contributed by atoms with van der Waals surface area (Å²) in [6.45, 7) is 8.64. The normalized spacial score (nSPS) is 10.4. The van der Waals surface area contributed by atoms with E-state index in [1.54, 1.807) is 0 Å². The van der Waals surface area contributed by atoms with E-state index in [0.717, 1.165) is 40.7 Å². The second-order valence-electron chi connectivity index (χ2n) is 6.69. The van der Waals surface area contributed by atoms with E-state index in [1.165, 1.54) is 0 Å². The number of carbonyl (C=O) groups is 1. The Bertz CT molecular complexity index is 983. The highest BCUT2D eigenvalue weighted by Crippen LogP contribution is 2.20. The first-order chi connectivity index (χ1) is 13.4. The molecule has 0 saturated heterocycles. The average molecular weight is 375 g/mol. The zero-order valence-corrected chi connectivity index (χ0v) is 16.6. The Balaban J connectivity index is 1.69. The van der Waals surface area contributed by atoms with E-state index < -0.39 is 0 Å². The molecule has 1 heterocycles. The molecule has 0 bridgehead atoms. The monoisotopic (exact) mass is 375 g/mol. The first-order valence-electron chi connectivity index (χ1n) is 9.30. The molecule has 0 aliphatic heterocycles. The van der Waals surface area contributed by atoms with Crippen LogP contribution in [0.15, 0.2) is 48.5 Å². The molecule has 0 aliphatic rings. The Morgan fingerprint density at radius 1 is 0.893 bits per heavy atom. The van der Waals surface area contributed by atoms with Crippen molar-refractivity contribution in [2.45, 2.75) is 27.7 Å². The van der Waals surface area contributed by atoms with Crippen molar-refractivity contribution in [1.82, 2.24) is 9.97 Å². The lowest BCUT2D eigenvalue weighted by atomic mass is 10.1. The lowest BCUT2D eigenvalue weighted by Crippen LogP contribution is -2.13. The second-order valence-corrected chi connectivity index (χ2v) is 6.69. The Morgan fingerprint density at radius 2 is 1.57 bits per heavy atom. The molecule has 0 spiro atoms. The van der Waals surface area contributed by atoms with Crippen molar-refractivity contribution in [3.63, 3.8) is 0 Å². The predicted octanol–water partition coefficient (Wildman–Crippen LogP) is 4.83. The van der Waals surface area contributed by atoms with Crippen LogP contribution in [-0.4, -0.2) is 22.4 Å². The van der Waals surface area contributed by atoms with Crippen LogP contribution in [0.3, 0.4) is 0 Å². The molecule has 6 heteroatoms. The number of anilines is 4. The lowest BCUT2D eigenvalue weighted by molar-refractivity contribution is 0.102. The van der Waals surface area contributed by atoms with E-state index in [0.29, 0.717) is 11.4 Å². The van der Waals surface area contributed by atoms with Crippen LogP contribution in [0, 0.1) is 20.8 Å². The standard InChI is InChI=1S/C22H25N5O/c1-5-23-20-13-21(25-16(4)24-20)26-17-7-9-18(10-8-17)27-22(28)19-11-6-14(2)12-15(19)3/h6-13H,5H2,1-4H3,(H,27,28)(H2,23,24,25,26). The van der Waals surface area contributed by atoms with Crippen molar-refractivity contribution in [3.8, 4) is 0 Å². The highest BCUT2D eigenvalue weighted by molar-refractivity contribution is 6.05. The first-order valence-corrected chi connectivity index (χ1v) is 9.30. The Kier molecular flexibility index (Phi) is 5.89. The lowest BCUT2D eigenvalue weighted by Gasteiger charge is -2.11. The molecular weight excluding hydrogens is 350 g/mol. The molecule has 28 heavy (non-hydrogen) atoms. The maximum absolute atomic E-state index is 12.5. The molecule has 0 atom stereocenters. The van der Waals surface area contributed by atoms with Crippen LogP contribution in [-0.2, 0) is 0 Å². The van der Waals surface area contributed by atoms with Crippen molar-refractivity contribution in [3.05, 3.63) is 71.0 Å². The fourth-order valence-electron chi connectivity index (χ4n) is 2.95. The third-order valence-corrected chi connectivity index (χ3v) is 4.24. The molecule has 0 aliphatic carbocycles. The SMILES string of the molecule is CCNc1cc(Nc2ccc(NC(=O)c3ccc(C)cc3C)cc2)nc(C)n1. The summed E-state index contributed by atoms with van der Waals surface area (Å²) in [5, 5.41) is 9.40. The van der Waals surface area contributed by atoms with Crippen LogP contribution in [0.4, 0.5) is 23.0 Å². The molecule has 0 radical (unpaired) electrons. The molecule has 0 unspecified atom stereocenters. The third-order valence-electron chi connectivity index (χ3n) is 4.24. The summed E-state index contributed by atoms with van der Waals surface area (Å²) in [5.41, 5.74) is 4.40. The number of hydrogen-bond acceptors (Lipinski definition) is 5. The largest absolute Gasteiger partial charge is 0.370 e. The molecule has 0 fully saturated rings. The molecule has 6 nitrogen and oxygen atoms in total. The molecule has 2 aromatic carbocycles. The molecule has 3 rings (SSSR count). The fraction of sp³-hybridized carbons (Fsp3) is 0.227. The summed E-state index contributed by atoms with van der Waals surface area (Å²) in [6.07, 6.45) is 0. The van der Waals surface area contributed by atoms with Gasteiger partial charge < -0.3 is 16.0 Å². The smallest absolute Gasteiger partial charge is 0.255 e. The number of benzene rings is 2. The van der Waals surface area contributed by atoms with E-state index in [4.69, 9.17) is 0 Å². The summed E-state index contributed by atoms with van der Waals surface area (Å²) in [4.78, 5) is 21.3. The van der Waals surface area contributed by atoms with Crippen molar-refractivity contribution in [2.75, 3.05) is 22.5 Å². The van der Waals surface area contributed by atoms with E-state index in [9.17, 15) is 4.79 Å². The van der Waals surface area contributed by atoms with Gasteiger partial charge in [0.1, 0.15) is 17.5 Å². The minimum Gasteiger partial charge on any atom is -0.370 e. The van der Waals surface area contributed by atoms with Crippen molar-refractivity contribution in [1.29, 1.82) is 0 Å².